The summed E-state index contributed by atoms with van der Waals surface area (Å²) in [6, 6.07) is 18.2. The summed E-state index contributed by atoms with van der Waals surface area (Å²) < 4.78 is 86.5. The number of aliphatic hydroxyl groups is 4. The van der Waals surface area contributed by atoms with E-state index in [0.29, 0.717) is 169 Å². The number of ether oxygens (including phenoxy) is 4. The van der Waals surface area contributed by atoms with Gasteiger partial charge >= 0.3 is 0 Å². The average Bonchev–Trinajstić information content (AvgIpc) is 1.41. The highest BCUT2D eigenvalue weighted by atomic mass is 19.1. The van der Waals surface area contributed by atoms with Crippen LogP contribution in [0.3, 0.4) is 0 Å². The first-order valence-corrected chi connectivity index (χ1v) is 49.8. The molecule has 8 N–H and O–H groups in total. The Hall–Kier alpha value is -11.2. The lowest BCUT2D eigenvalue weighted by Crippen LogP contribution is -2.47. The number of benzene rings is 4. The van der Waals surface area contributed by atoms with Crippen LogP contribution in [-0.4, -0.2) is 154 Å². The van der Waals surface area contributed by atoms with Gasteiger partial charge in [-0.1, -0.05) is 112 Å². The van der Waals surface area contributed by atoms with E-state index < -0.39 is 51.1 Å². The molecule has 4 aliphatic heterocycles. The highest BCUT2D eigenvalue weighted by molar-refractivity contribution is 6.01. The molecule has 8 heterocycles. The molecule has 0 radical (unpaired) electrons. The number of rotatable bonds is 49. The number of aromatic nitrogens is 12. The number of nitrogens with one attached hydrogen (secondary N) is 4. The minimum atomic E-state index is -1.27. The molecule has 8 amide bonds. The van der Waals surface area contributed by atoms with Crippen molar-refractivity contribution in [3.8, 4) is 23.0 Å². The summed E-state index contributed by atoms with van der Waals surface area (Å²) in [5.41, 5.74) is 0.449. The molecule has 748 valence electrons. The fourth-order valence-electron chi connectivity index (χ4n) is 17.8. The molecule has 4 unspecified atom stereocenters. The Bertz CT molecular complexity index is 5460. The van der Waals surface area contributed by atoms with E-state index in [9.17, 15) is 76.3 Å². The predicted molar refractivity (Wildman–Crippen MR) is 498 cm³/mol. The Morgan fingerprint density at radius 1 is 0.355 bits per heavy atom. The minimum Gasteiger partial charge on any atom is -0.490 e. The Kier molecular flexibility index (Phi) is 36.6. The Balaban J connectivity index is 0.000000155. The standard InChI is InChI=1S/C27H37FN4O4.C26H35FN4O4.C25H33FN4O4.C24H31FN4O4/c1-3-27(35,20-10-11-22(28)23(15-20)36-17-19-8-9-19)18-32-21(16-29-31-32)7-5-4-6-13-26(2)14-12-24(33)30-25(26)34;1-2-26(34,20-11-12-22(27)23(14-20)35-16-18-8-9-18)17-31-21(15-28-30-31)7-5-3-4-6-19-10-13-24(32)29-25(19)33;1-2-25(33,19-10-11-21(26)22(13-19)34-15-17-7-8-17)16-30-20(14-27-29-30)6-4-3-5-18-9-12-23(31)28-24(18)32;1-2-24(32,18-9-10-20(25)21(12-18)33-14-16-6-7-16)15-29-19(13-26-28-29)5-3-4-17-8-11-22(30)27-23(17)31/h10-11,15-16,19,35H,3-9,12-14,17-18H2,1-2H3,(H,30,33,34);11-12,14-15,18-19,34H,2-10,13,16-17H2,1H3,(H,29,32,33);10-11,13-14,17-18,33H,2-9,12,15-16H2,1H3,(H,28,31,32);9-10,12-13,16-17,32H,2-8,11,14-15H2,1H3,(H,27,30,31)/t26?,27-;19?,26-;18?,25-;17?,24-/m1111/s1. The van der Waals surface area contributed by atoms with Crippen molar-refractivity contribution in [1.82, 2.24) is 81.2 Å². The van der Waals surface area contributed by atoms with E-state index in [1.54, 1.807) is 92.0 Å². The molecule has 32 nitrogen and oxygen atoms in total. The monoisotopic (exact) mass is 1920 g/mol. The van der Waals surface area contributed by atoms with Crippen LogP contribution in [0, 0.1) is 70.1 Å². The largest absolute Gasteiger partial charge is 0.490 e. The topological polar surface area (TPSA) is 425 Å². The first kappa shape index (κ1) is 104. The van der Waals surface area contributed by atoms with Gasteiger partial charge in [-0.15, -0.1) is 20.4 Å². The first-order chi connectivity index (χ1) is 66.3. The minimum absolute atomic E-state index is 0.0756. The molecular formula is C102H136F4N16O16. The molecule has 36 heteroatoms. The number of amides is 8. The van der Waals surface area contributed by atoms with E-state index in [0.717, 1.165) is 164 Å². The molecule has 0 spiro atoms. The molecule has 0 bridgehead atoms. The second kappa shape index (κ2) is 48.6. The number of carbonyl (C=O) groups is 8. The molecule has 4 saturated heterocycles. The molecule has 4 aromatic heterocycles. The summed E-state index contributed by atoms with van der Waals surface area (Å²) in [6.07, 6.45) is 35.0. The molecule has 4 saturated carbocycles. The highest BCUT2D eigenvalue weighted by Gasteiger charge is 2.41. The zero-order chi connectivity index (χ0) is 98.2. The molecular weight excluding hydrogens is 1780 g/mol. The number of piperidine rings is 4. The van der Waals surface area contributed by atoms with Gasteiger partial charge in [-0.3, -0.25) is 59.6 Å². The lowest BCUT2D eigenvalue weighted by molar-refractivity contribution is -0.142. The predicted octanol–water partition coefficient (Wildman–Crippen LogP) is 13.9. The van der Waals surface area contributed by atoms with Gasteiger partial charge in [-0.05, 0) is 274 Å². The van der Waals surface area contributed by atoms with Crippen molar-refractivity contribution < 1.29 is 95.3 Å². The first-order valence-electron chi connectivity index (χ1n) is 49.8. The van der Waals surface area contributed by atoms with Crippen LogP contribution in [0.4, 0.5) is 17.6 Å². The Morgan fingerprint density at radius 3 is 0.906 bits per heavy atom. The normalized spacial score (nSPS) is 20.6. The van der Waals surface area contributed by atoms with Gasteiger partial charge in [0.25, 0.3) is 0 Å². The second-order valence-electron chi connectivity index (χ2n) is 39.4. The molecule has 8 aromatic rings. The molecule has 8 atom stereocenters. The van der Waals surface area contributed by atoms with Gasteiger partial charge in [0.1, 0.15) is 22.4 Å². The summed E-state index contributed by atoms with van der Waals surface area (Å²) in [5, 5.41) is 88.3. The zero-order valence-electron chi connectivity index (χ0n) is 80.2. The molecule has 16 rings (SSSR count). The molecule has 8 fully saturated rings. The molecule has 8 aliphatic rings. The van der Waals surface area contributed by atoms with Crippen molar-refractivity contribution in [2.24, 2.45) is 46.8 Å². The SMILES string of the molecule is CC[C@@](O)(Cn1nncc1CCCC1CCC(=O)NC1=O)c1ccc(F)c(OCC2CC2)c1.CC[C@@](O)(Cn1nncc1CCCCC1CCC(=O)NC1=O)c1ccc(F)c(OCC2CC2)c1.CC[C@@](O)(Cn1nncc1CCCCCC1(C)CCC(=O)NC1=O)c1ccc(F)c(OCC2CC2)c1.CC[C@@](O)(Cn1nncc1CCCCCC1CCC(=O)NC1=O)c1ccc(F)c(OCC2CC2)c1. The average molecular weight is 1920 g/mol. The van der Waals surface area contributed by atoms with Gasteiger partial charge in [-0.2, -0.15) is 0 Å². The van der Waals surface area contributed by atoms with E-state index in [1.807, 2.05) is 34.6 Å². The van der Waals surface area contributed by atoms with Crippen molar-refractivity contribution in [3.63, 3.8) is 0 Å². The fraction of sp³-hybridized carbons (Fsp3) is 0.608. The maximum atomic E-state index is 14.3. The van der Waals surface area contributed by atoms with Crippen molar-refractivity contribution in [2.75, 3.05) is 26.4 Å². The van der Waals surface area contributed by atoms with Crippen molar-refractivity contribution in [1.29, 1.82) is 0 Å². The van der Waals surface area contributed by atoms with Crippen LogP contribution in [0.1, 0.15) is 292 Å². The number of halogens is 4. The number of hydrogen-bond donors (Lipinski definition) is 8. The zero-order valence-corrected chi connectivity index (χ0v) is 80.2. The maximum Gasteiger partial charge on any atom is 0.232 e. The third kappa shape index (κ3) is 29.7. The van der Waals surface area contributed by atoms with Crippen LogP contribution in [0.15, 0.2) is 97.6 Å². The smallest absolute Gasteiger partial charge is 0.232 e. The molecule has 4 aromatic carbocycles. The third-order valence-electron chi connectivity index (χ3n) is 28.5. The quantitative estimate of drug-likeness (QED) is 0.00997. The number of carbonyl (C=O) groups excluding carboxylic acids is 8. The molecule has 138 heavy (non-hydrogen) atoms. The van der Waals surface area contributed by atoms with Gasteiger partial charge in [0.15, 0.2) is 46.3 Å². The summed E-state index contributed by atoms with van der Waals surface area (Å²) in [4.78, 5) is 93.2. The number of nitrogens with zero attached hydrogens (tertiary/aromatic N) is 12. The summed E-state index contributed by atoms with van der Waals surface area (Å²) >= 11 is 0. The number of imide groups is 4. The van der Waals surface area contributed by atoms with Gasteiger partial charge in [0.05, 0.1) is 100 Å². The molecule has 4 aliphatic carbocycles. The number of aryl methyl sites for hydroxylation is 4. The fourth-order valence-corrected chi connectivity index (χ4v) is 17.8. The summed E-state index contributed by atoms with van der Waals surface area (Å²) in [5.74, 6) is -0.826. The van der Waals surface area contributed by atoms with Crippen LogP contribution < -0.4 is 40.2 Å². The van der Waals surface area contributed by atoms with Crippen LogP contribution in [0.2, 0.25) is 0 Å². The van der Waals surface area contributed by atoms with Crippen LogP contribution in [0.25, 0.3) is 0 Å². The van der Waals surface area contributed by atoms with Gasteiger partial charge in [0.2, 0.25) is 47.3 Å². The number of hydrogen-bond acceptors (Lipinski definition) is 24. The van der Waals surface area contributed by atoms with E-state index in [-0.39, 0.29) is 114 Å². The Morgan fingerprint density at radius 2 is 0.623 bits per heavy atom. The number of unbranched alkanes of at least 4 members (excludes halogenated alkanes) is 5. The highest BCUT2D eigenvalue weighted by Crippen LogP contribution is 2.42. The summed E-state index contributed by atoms with van der Waals surface area (Å²) in [6.45, 7) is 12.2. The van der Waals surface area contributed by atoms with E-state index in [2.05, 4.69) is 62.5 Å². The van der Waals surface area contributed by atoms with Crippen molar-refractivity contribution in [3.05, 3.63) is 166 Å². The van der Waals surface area contributed by atoms with Crippen LogP contribution in [0.5, 0.6) is 23.0 Å². The Labute approximate surface area is 802 Å². The van der Waals surface area contributed by atoms with Gasteiger partial charge in [0, 0.05) is 48.9 Å². The van der Waals surface area contributed by atoms with Crippen molar-refractivity contribution >= 4 is 47.3 Å². The maximum absolute atomic E-state index is 14.3. The van der Waals surface area contributed by atoms with Crippen molar-refractivity contribution in [2.45, 2.75) is 321 Å². The van der Waals surface area contributed by atoms with E-state index >= 15 is 0 Å². The summed E-state index contributed by atoms with van der Waals surface area (Å²) in [7, 11) is 0. The van der Waals surface area contributed by atoms with Gasteiger partial charge < -0.3 is 39.4 Å². The third-order valence-corrected chi connectivity index (χ3v) is 28.5. The van der Waals surface area contributed by atoms with Gasteiger partial charge in [-0.25, -0.2) is 36.3 Å². The van der Waals surface area contributed by atoms with Crippen LogP contribution in [-0.2, 0) is 113 Å². The van der Waals surface area contributed by atoms with E-state index in [1.165, 1.54) is 24.3 Å². The van der Waals surface area contributed by atoms with E-state index in [4.69, 9.17) is 18.9 Å². The second-order valence-corrected chi connectivity index (χ2v) is 39.4. The lowest BCUT2D eigenvalue weighted by Gasteiger charge is -2.31. The lowest BCUT2D eigenvalue weighted by atomic mass is 9.77. The van der Waals surface area contributed by atoms with Crippen LogP contribution >= 0.6 is 0 Å².